The molecule has 0 amide bonds. The van der Waals surface area contributed by atoms with Gasteiger partial charge in [0.2, 0.25) is 5.95 Å². The van der Waals surface area contributed by atoms with E-state index < -0.39 is 0 Å². The topological polar surface area (TPSA) is 41.1 Å². The van der Waals surface area contributed by atoms with Crippen molar-refractivity contribution in [2.75, 3.05) is 18.4 Å². The number of hydrogen-bond donors (Lipinski definition) is 1. The number of aromatic nitrogens is 2. The molecule has 1 aliphatic carbocycles. The van der Waals surface area contributed by atoms with Gasteiger partial charge in [0, 0.05) is 37.4 Å². The van der Waals surface area contributed by atoms with Crippen molar-refractivity contribution in [1.29, 1.82) is 0 Å². The largest absolute Gasteiger partial charge is 0.324 e. The van der Waals surface area contributed by atoms with Gasteiger partial charge in [-0.05, 0) is 47.7 Å². The SMILES string of the molecule is Fc1ccc(CN2C[C@@H]3Cc4cnc(Nc5ccccc5)nc4[C@H]3C2)cc1. The lowest BCUT2D eigenvalue weighted by Crippen LogP contribution is -2.21. The minimum atomic E-state index is -0.180. The van der Waals surface area contributed by atoms with Gasteiger partial charge in [-0.1, -0.05) is 30.3 Å². The second-order valence-electron chi connectivity index (χ2n) is 7.49. The van der Waals surface area contributed by atoms with Gasteiger partial charge in [0.1, 0.15) is 5.82 Å². The summed E-state index contributed by atoms with van der Waals surface area (Å²) in [5.41, 5.74) is 4.63. The van der Waals surface area contributed by atoms with Crippen LogP contribution < -0.4 is 5.32 Å². The Morgan fingerprint density at radius 1 is 1.04 bits per heavy atom. The number of fused-ring (bicyclic) bond motifs is 3. The van der Waals surface area contributed by atoms with Crippen molar-refractivity contribution in [2.24, 2.45) is 5.92 Å². The lowest BCUT2D eigenvalue weighted by atomic mass is 9.99. The molecule has 1 saturated heterocycles. The van der Waals surface area contributed by atoms with Crippen molar-refractivity contribution < 1.29 is 4.39 Å². The maximum Gasteiger partial charge on any atom is 0.227 e. The molecule has 1 fully saturated rings. The van der Waals surface area contributed by atoms with Crippen molar-refractivity contribution in [3.8, 4) is 0 Å². The highest BCUT2D eigenvalue weighted by molar-refractivity contribution is 5.53. The molecule has 0 bridgehead atoms. The Labute approximate surface area is 158 Å². The van der Waals surface area contributed by atoms with Crippen LogP contribution in [0.15, 0.2) is 60.8 Å². The van der Waals surface area contributed by atoms with Crippen LogP contribution in [0.2, 0.25) is 0 Å². The van der Waals surface area contributed by atoms with Crippen LogP contribution in [0.3, 0.4) is 0 Å². The third-order valence-electron chi connectivity index (χ3n) is 5.60. The normalized spacial score (nSPS) is 21.1. The molecule has 2 aliphatic rings. The fraction of sp³-hybridized carbons (Fsp3) is 0.273. The standard InChI is InChI=1S/C22H21FN4/c23-18-8-6-15(7-9-18)12-27-13-17-10-16-11-24-22(26-21(16)20(17)14-27)25-19-4-2-1-3-5-19/h1-9,11,17,20H,10,12-14H2,(H,24,25,26)/t17-,20-/m0/s1. The smallest absolute Gasteiger partial charge is 0.227 e. The molecular weight excluding hydrogens is 339 g/mol. The molecule has 2 heterocycles. The van der Waals surface area contributed by atoms with E-state index in [1.807, 2.05) is 48.7 Å². The fourth-order valence-electron chi connectivity index (χ4n) is 4.35. The zero-order chi connectivity index (χ0) is 18.2. The number of nitrogens with zero attached hydrogens (tertiary/aromatic N) is 3. The number of nitrogens with one attached hydrogen (secondary N) is 1. The molecule has 0 spiro atoms. The van der Waals surface area contributed by atoms with E-state index in [4.69, 9.17) is 4.98 Å². The Kier molecular flexibility index (Phi) is 4.09. The van der Waals surface area contributed by atoms with E-state index >= 15 is 0 Å². The highest BCUT2D eigenvalue weighted by Gasteiger charge is 2.41. The van der Waals surface area contributed by atoms with E-state index in [2.05, 4.69) is 15.2 Å². The fourth-order valence-corrected chi connectivity index (χ4v) is 4.35. The van der Waals surface area contributed by atoms with Crippen molar-refractivity contribution >= 4 is 11.6 Å². The van der Waals surface area contributed by atoms with E-state index in [0.29, 0.717) is 17.8 Å². The molecule has 136 valence electrons. The van der Waals surface area contributed by atoms with E-state index in [9.17, 15) is 4.39 Å². The first-order valence-corrected chi connectivity index (χ1v) is 9.39. The first-order chi connectivity index (χ1) is 13.2. The van der Waals surface area contributed by atoms with Gasteiger partial charge in [0.05, 0.1) is 5.69 Å². The molecule has 1 aliphatic heterocycles. The molecule has 27 heavy (non-hydrogen) atoms. The summed E-state index contributed by atoms with van der Waals surface area (Å²) in [7, 11) is 0. The molecule has 0 saturated carbocycles. The molecule has 3 aromatic rings. The summed E-state index contributed by atoms with van der Waals surface area (Å²) in [5.74, 6) is 1.54. The molecule has 0 radical (unpaired) electrons. The summed E-state index contributed by atoms with van der Waals surface area (Å²) < 4.78 is 13.1. The zero-order valence-electron chi connectivity index (χ0n) is 15.0. The average Bonchev–Trinajstić information content (AvgIpc) is 3.22. The van der Waals surface area contributed by atoms with Gasteiger partial charge in [0.25, 0.3) is 0 Å². The van der Waals surface area contributed by atoms with Crippen molar-refractivity contribution in [2.45, 2.75) is 18.9 Å². The second kappa shape index (κ2) is 6.74. The van der Waals surface area contributed by atoms with Crippen LogP contribution in [-0.4, -0.2) is 28.0 Å². The van der Waals surface area contributed by atoms with E-state index in [0.717, 1.165) is 37.3 Å². The number of likely N-dealkylation sites (tertiary alicyclic amines) is 1. The van der Waals surface area contributed by atoms with Gasteiger partial charge in [-0.25, -0.2) is 14.4 Å². The molecule has 2 atom stereocenters. The first kappa shape index (κ1) is 16.4. The van der Waals surface area contributed by atoms with Crippen LogP contribution in [-0.2, 0) is 13.0 Å². The van der Waals surface area contributed by atoms with Crippen molar-refractivity contribution in [3.05, 3.63) is 83.4 Å². The lowest BCUT2D eigenvalue weighted by molar-refractivity contribution is 0.313. The third kappa shape index (κ3) is 3.30. The van der Waals surface area contributed by atoms with Gasteiger partial charge in [0.15, 0.2) is 0 Å². The number of hydrogen-bond acceptors (Lipinski definition) is 4. The van der Waals surface area contributed by atoms with Crippen LogP contribution in [0.1, 0.15) is 22.7 Å². The van der Waals surface area contributed by atoms with Gasteiger partial charge in [-0.15, -0.1) is 0 Å². The molecule has 1 N–H and O–H groups in total. The van der Waals surface area contributed by atoms with Gasteiger partial charge in [-0.2, -0.15) is 0 Å². The Hall–Kier alpha value is -2.79. The van der Waals surface area contributed by atoms with Crippen molar-refractivity contribution in [3.63, 3.8) is 0 Å². The predicted octanol–water partition coefficient (Wildman–Crippen LogP) is 4.13. The number of anilines is 2. The first-order valence-electron chi connectivity index (χ1n) is 9.39. The summed E-state index contributed by atoms with van der Waals surface area (Å²) >= 11 is 0. The zero-order valence-corrected chi connectivity index (χ0v) is 15.0. The molecule has 2 aromatic carbocycles. The Bertz CT molecular complexity index is 942. The summed E-state index contributed by atoms with van der Waals surface area (Å²) in [4.78, 5) is 11.8. The van der Waals surface area contributed by atoms with Crippen LogP contribution in [0.4, 0.5) is 16.0 Å². The predicted molar refractivity (Wildman–Crippen MR) is 103 cm³/mol. The maximum atomic E-state index is 13.1. The van der Waals surface area contributed by atoms with Crippen LogP contribution >= 0.6 is 0 Å². The molecule has 1 aromatic heterocycles. The molecule has 0 unspecified atom stereocenters. The summed E-state index contributed by atoms with van der Waals surface area (Å²) in [5, 5.41) is 3.30. The Morgan fingerprint density at radius 3 is 2.67 bits per heavy atom. The number of rotatable bonds is 4. The summed E-state index contributed by atoms with van der Waals surface area (Å²) in [6, 6.07) is 16.8. The summed E-state index contributed by atoms with van der Waals surface area (Å²) in [6.07, 6.45) is 3.03. The maximum absolute atomic E-state index is 13.1. The van der Waals surface area contributed by atoms with Crippen LogP contribution in [0, 0.1) is 11.7 Å². The van der Waals surface area contributed by atoms with E-state index in [1.54, 1.807) is 0 Å². The molecule has 5 rings (SSSR count). The quantitative estimate of drug-likeness (QED) is 0.759. The number of halogens is 1. The highest BCUT2D eigenvalue weighted by atomic mass is 19.1. The second-order valence-corrected chi connectivity index (χ2v) is 7.49. The third-order valence-corrected chi connectivity index (χ3v) is 5.60. The molecule has 4 nitrogen and oxygen atoms in total. The Morgan fingerprint density at radius 2 is 1.85 bits per heavy atom. The minimum absolute atomic E-state index is 0.180. The average molecular weight is 360 g/mol. The van der Waals surface area contributed by atoms with E-state index in [1.165, 1.54) is 23.4 Å². The van der Waals surface area contributed by atoms with Crippen LogP contribution in [0.25, 0.3) is 0 Å². The van der Waals surface area contributed by atoms with E-state index in [-0.39, 0.29) is 5.82 Å². The number of benzene rings is 2. The van der Waals surface area contributed by atoms with Crippen molar-refractivity contribution in [1.82, 2.24) is 14.9 Å². The molecular formula is C22H21FN4. The molecule has 5 heteroatoms. The van der Waals surface area contributed by atoms with Gasteiger partial charge in [-0.3, -0.25) is 4.90 Å². The van der Waals surface area contributed by atoms with Gasteiger partial charge >= 0.3 is 0 Å². The van der Waals surface area contributed by atoms with Crippen LogP contribution in [0.5, 0.6) is 0 Å². The highest BCUT2D eigenvalue weighted by Crippen LogP contribution is 2.42. The number of para-hydroxylation sites is 1. The monoisotopic (exact) mass is 360 g/mol. The Balaban J connectivity index is 1.31. The van der Waals surface area contributed by atoms with Gasteiger partial charge < -0.3 is 5.32 Å². The lowest BCUT2D eigenvalue weighted by Gasteiger charge is -2.17. The summed E-state index contributed by atoms with van der Waals surface area (Å²) in [6.45, 7) is 2.92. The minimum Gasteiger partial charge on any atom is -0.324 e.